The maximum atomic E-state index is 6.20. The number of halogens is 1. The third-order valence-corrected chi connectivity index (χ3v) is 3.70. The highest BCUT2D eigenvalue weighted by Crippen LogP contribution is 2.25. The number of hydrogen-bond donors (Lipinski definition) is 1. The van der Waals surface area contributed by atoms with Gasteiger partial charge in [0.25, 0.3) is 0 Å². The molecule has 2 aromatic rings. The van der Waals surface area contributed by atoms with Crippen molar-refractivity contribution in [2.24, 2.45) is 0 Å². The summed E-state index contributed by atoms with van der Waals surface area (Å²) in [5.41, 5.74) is 2.27. The fourth-order valence-corrected chi connectivity index (χ4v) is 2.37. The molecule has 0 heterocycles. The predicted molar refractivity (Wildman–Crippen MR) is 86.4 cm³/mol. The van der Waals surface area contributed by atoms with Gasteiger partial charge in [0.2, 0.25) is 0 Å². The SMILES string of the molecule is COc1ccc(CCNCc2c(Cl)cccc2OC)cc1. The minimum Gasteiger partial charge on any atom is -0.497 e. The van der Waals surface area contributed by atoms with Crippen molar-refractivity contribution in [3.63, 3.8) is 0 Å². The predicted octanol–water partition coefficient (Wildman–Crippen LogP) is 3.69. The van der Waals surface area contributed by atoms with Crippen molar-refractivity contribution in [3.8, 4) is 11.5 Å². The normalized spacial score (nSPS) is 10.4. The van der Waals surface area contributed by atoms with Crippen LogP contribution in [0.2, 0.25) is 5.02 Å². The van der Waals surface area contributed by atoms with E-state index in [0.717, 1.165) is 35.1 Å². The smallest absolute Gasteiger partial charge is 0.124 e. The Kier molecular flexibility index (Phi) is 5.90. The summed E-state index contributed by atoms with van der Waals surface area (Å²) in [5, 5.41) is 4.13. The van der Waals surface area contributed by atoms with E-state index in [0.29, 0.717) is 6.54 Å². The summed E-state index contributed by atoms with van der Waals surface area (Å²) in [4.78, 5) is 0. The van der Waals surface area contributed by atoms with Crippen LogP contribution in [-0.2, 0) is 13.0 Å². The summed E-state index contributed by atoms with van der Waals surface area (Å²) in [6, 6.07) is 13.8. The Labute approximate surface area is 130 Å². The third-order valence-electron chi connectivity index (χ3n) is 3.35. The molecule has 2 aromatic carbocycles. The van der Waals surface area contributed by atoms with E-state index >= 15 is 0 Å². The highest BCUT2D eigenvalue weighted by Gasteiger charge is 2.06. The molecule has 0 bridgehead atoms. The van der Waals surface area contributed by atoms with E-state index < -0.39 is 0 Å². The van der Waals surface area contributed by atoms with Crippen molar-refractivity contribution in [3.05, 3.63) is 58.6 Å². The Balaban J connectivity index is 1.84. The number of rotatable bonds is 7. The summed E-state index contributed by atoms with van der Waals surface area (Å²) in [6.07, 6.45) is 0.955. The molecule has 0 aliphatic heterocycles. The van der Waals surface area contributed by atoms with Crippen LogP contribution in [0.15, 0.2) is 42.5 Å². The molecule has 0 saturated carbocycles. The lowest BCUT2D eigenvalue weighted by molar-refractivity contribution is 0.408. The monoisotopic (exact) mass is 305 g/mol. The van der Waals surface area contributed by atoms with Gasteiger partial charge in [0, 0.05) is 17.1 Å². The average Bonchev–Trinajstić information content (AvgIpc) is 2.53. The van der Waals surface area contributed by atoms with E-state index in [2.05, 4.69) is 17.4 Å². The quantitative estimate of drug-likeness (QED) is 0.791. The van der Waals surface area contributed by atoms with Gasteiger partial charge >= 0.3 is 0 Å². The zero-order valence-electron chi connectivity index (χ0n) is 12.4. The summed E-state index contributed by atoms with van der Waals surface area (Å²) in [7, 11) is 3.33. The minimum absolute atomic E-state index is 0.693. The number of hydrogen-bond acceptors (Lipinski definition) is 3. The van der Waals surface area contributed by atoms with Crippen LogP contribution in [-0.4, -0.2) is 20.8 Å². The molecule has 0 atom stereocenters. The Hall–Kier alpha value is -1.71. The van der Waals surface area contributed by atoms with Gasteiger partial charge in [-0.05, 0) is 42.8 Å². The van der Waals surface area contributed by atoms with E-state index in [9.17, 15) is 0 Å². The summed E-state index contributed by atoms with van der Waals surface area (Å²) >= 11 is 6.20. The number of methoxy groups -OCH3 is 2. The molecular weight excluding hydrogens is 286 g/mol. The number of nitrogens with one attached hydrogen (secondary N) is 1. The van der Waals surface area contributed by atoms with E-state index in [4.69, 9.17) is 21.1 Å². The second-order valence-corrected chi connectivity index (χ2v) is 5.10. The largest absolute Gasteiger partial charge is 0.497 e. The Morgan fingerprint density at radius 2 is 1.76 bits per heavy atom. The molecule has 0 aliphatic carbocycles. The lowest BCUT2D eigenvalue weighted by Gasteiger charge is -2.11. The first-order chi connectivity index (χ1) is 10.2. The van der Waals surface area contributed by atoms with Gasteiger partial charge in [-0.15, -0.1) is 0 Å². The van der Waals surface area contributed by atoms with Crippen LogP contribution >= 0.6 is 11.6 Å². The number of ether oxygens (including phenoxy) is 2. The van der Waals surface area contributed by atoms with Gasteiger partial charge in [-0.3, -0.25) is 0 Å². The Morgan fingerprint density at radius 3 is 2.43 bits per heavy atom. The van der Waals surface area contributed by atoms with Crippen LogP contribution in [0.3, 0.4) is 0 Å². The molecule has 0 aliphatic rings. The van der Waals surface area contributed by atoms with Crippen molar-refractivity contribution in [1.82, 2.24) is 5.32 Å². The fraction of sp³-hybridized carbons (Fsp3) is 0.294. The summed E-state index contributed by atoms with van der Waals surface area (Å²) in [5.74, 6) is 1.70. The first-order valence-electron chi connectivity index (χ1n) is 6.89. The third kappa shape index (κ3) is 4.38. The van der Waals surface area contributed by atoms with Gasteiger partial charge in [-0.25, -0.2) is 0 Å². The minimum atomic E-state index is 0.693. The first kappa shape index (κ1) is 15.7. The van der Waals surface area contributed by atoms with E-state index in [1.54, 1.807) is 14.2 Å². The molecule has 112 valence electrons. The molecule has 3 nitrogen and oxygen atoms in total. The molecule has 0 amide bonds. The van der Waals surface area contributed by atoms with Gasteiger partial charge < -0.3 is 14.8 Å². The maximum absolute atomic E-state index is 6.20. The van der Waals surface area contributed by atoms with Crippen LogP contribution in [0, 0.1) is 0 Å². The van der Waals surface area contributed by atoms with Gasteiger partial charge in [0.1, 0.15) is 11.5 Å². The standard InChI is InChI=1S/C17H20ClNO2/c1-20-14-8-6-13(7-9-14)10-11-19-12-15-16(18)4-3-5-17(15)21-2/h3-9,19H,10-12H2,1-2H3. The molecule has 1 N–H and O–H groups in total. The molecule has 0 radical (unpaired) electrons. The van der Waals surface area contributed by atoms with Gasteiger partial charge in [0.15, 0.2) is 0 Å². The lowest BCUT2D eigenvalue weighted by atomic mass is 10.1. The average molecular weight is 306 g/mol. The van der Waals surface area contributed by atoms with Crippen LogP contribution in [0.4, 0.5) is 0 Å². The van der Waals surface area contributed by atoms with Crippen molar-refractivity contribution in [2.45, 2.75) is 13.0 Å². The van der Waals surface area contributed by atoms with E-state index in [1.165, 1.54) is 5.56 Å². The molecule has 0 spiro atoms. The lowest BCUT2D eigenvalue weighted by Crippen LogP contribution is -2.17. The van der Waals surface area contributed by atoms with Gasteiger partial charge in [0.05, 0.1) is 14.2 Å². The van der Waals surface area contributed by atoms with Crippen LogP contribution < -0.4 is 14.8 Å². The molecule has 0 saturated heterocycles. The van der Waals surface area contributed by atoms with Crippen LogP contribution in [0.25, 0.3) is 0 Å². The summed E-state index contributed by atoms with van der Waals surface area (Å²) < 4.78 is 10.5. The van der Waals surface area contributed by atoms with Gasteiger partial charge in [-0.2, -0.15) is 0 Å². The van der Waals surface area contributed by atoms with Crippen LogP contribution in [0.1, 0.15) is 11.1 Å². The molecule has 0 unspecified atom stereocenters. The van der Waals surface area contributed by atoms with Crippen molar-refractivity contribution in [2.75, 3.05) is 20.8 Å². The Bertz CT molecular complexity index is 570. The van der Waals surface area contributed by atoms with Crippen LogP contribution in [0.5, 0.6) is 11.5 Å². The number of benzene rings is 2. The molecule has 0 aromatic heterocycles. The van der Waals surface area contributed by atoms with Crippen molar-refractivity contribution >= 4 is 11.6 Å². The summed E-state index contributed by atoms with van der Waals surface area (Å²) in [6.45, 7) is 1.57. The van der Waals surface area contributed by atoms with Gasteiger partial charge in [-0.1, -0.05) is 29.8 Å². The first-order valence-corrected chi connectivity index (χ1v) is 7.27. The molecular formula is C17H20ClNO2. The molecule has 0 fully saturated rings. The molecule has 21 heavy (non-hydrogen) atoms. The zero-order valence-corrected chi connectivity index (χ0v) is 13.1. The second kappa shape index (κ2) is 7.91. The second-order valence-electron chi connectivity index (χ2n) is 4.70. The Morgan fingerprint density at radius 1 is 1.00 bits per heavy atom. The van der Waals surface area contributed by atoms with E-state index in [1.807, 2.05) is 30.3 Å². The fourth-order valence-electron chi connectivity index (χ4n) is 2.14. The highest BCUT2D eigenvalue weighted by atomic mass is 35.5. The topological polar surface area (TPSA) is 30.5 Å². The maximum Gasteiger partial charge on any atom is 0.124 e. The molecule has 4 heteroatoms. The van der Waals surface area contributed by atoms with E-state index in [-0.39, 0.29) is 0 Å². The molecule has 2 rings (SSSR count). The zero-order chi connectivity index (χ0) is 15.1. The van der Waals surface area contributed by atoms with Crippen molar-refractivity contribution in [1.29, 1.82) is 0 Å². The highest BCUT2D eigenvalue weighted by molar-refractivity contribution is 6.31. The van der Waals surface area contributed by atoms with Crippen molar-refractivity contribution < 1.29 is 9.47 Å².